The highest BCUT2D eigenvalue weighted by atomic mass is 79.9. The second-order valence-electron chi connectivity index (χ2n) is 4.40. The summed E-state index contributed by atoms with van der Waals surface area (Å²) in [6.07, 6.45) is 1.78. The molecule has 4 nitrogen and oxygen atoms in total. The molecule has 1 aromatic carbocycles. The van der Waals surface area contributed by atoms with E-state index in [4.69, 9.17) is 0 Å². The maximum atomic E-state index is 14.1. The molecular weight excluding hydrogens is 330 g/mol. The molecule has 20 heavy (non-hydrogen) atoms. The van der Waals surface area contributed by atoms with Gasteiger partial charge in [0.15, 0.2) is 0 Å². The van der Waals surface area contributed by atoms with Crippen LogP contribution < -0.4 is 5.32 Å². The highest BCUT2D eigenvalue weighted by molar-refractivity contribution is 9.10. The number of hydrogen-bond donors (Lipinski definition) is 1. The average Bonchev–Trinajstić information content (AvgIpc) is 2.74. The summed E-state index contributed by atoms with van der Waals surface area (Å²) in [6.45, 7) is 2.48. The first kappa shape index (κ1) is 15.1. The van der Waals surface area contributed by atoms with Crippen LogP contribution in [0.4, 0.5) is 8.78 Å². The zero-order chi connectivity index (χ0) is 14.7. The van der Waals surface area contributed by atoms with Gasteiger partial charge in [-0.05, 0) is 18.7 Å². The van der Waals surface area contributed by atoms with E-state index in [1.165, 1.54) is 18.5 Å². The van der Waals surface area contributed by atoms with Crippen LogP contribution in [0.25, 0.3) is 0 Å². The van der Waals surface area contributed by atoms with Crippen LogP contribution in [0, 0.1) is 11.6 Å². The minimum absolute atomic E-state index is 0.0260. The Morgan fingerprint density at radius 3 is 2.50 bits per heavy atom. The van der Waals surface area contributed by atoms with Gasteiger partial charge in [-0.1, -0.05) is 22.9 Å². The summed E-state index contributed by atoms with van der Waals surface area (Å²) in [4.78, 5) is 4.10. The average molecular weight is 345 g/mol. The third-order valence-electron chi connectivity index (χ3n) is 3.03. The number of likely N-dealkylation sites (N-methyl/N-ethyl adjacent to an activating group) is 1. The number of benzene rings is 1. The first-order valence-electron chi connectivity index (χ1n) is 6.23. The summed E-state index contributed by atoms with van der Waals surface area (Å²) in [6, 6.07) is 2.04. The van der Waals surface area contributed by atoms with Gasteiger partial charge in [0.25, 0.3) is 0 Å². The van der Waals surface area contributed by atoms with Crippen molar-refractivity contribution in [2.24, 2.45) is 7.05 Å². The van der Waals surface area contributed by atoms with Crippen LogP contribution in [0.5, 0.6) is 0 Å². The van der Waals surface area contributed by atoms with Crippen molar-refractivity contribution in [1.29, 1.82) is 0 Å². The topological polar surface area (TPSA) is 42.7 Å². The Kier molecular flexibility index (Phi) is 4.82. The van der Waals surface area contributed by atoms with E-state index in [0.717, 1.165) is 0 Å². The lowest BCUT2D eigenvalue weighted by Gasteiger charge is -2.19. The lowest BCUT2D eigenvalue weighted by molar-refractivity contribution is 0.460. The largest absolute Gasteiger partial charge is 0.310 e. The molecule has 108 valence electrons. The van der Waals surface area contributed by atoms with Crippen molar-refractivity contribution < 1.29 is 8.78 Å². The van der Waals surface area contributed by atoms with E-state index >= 15 is 0 Å². The highest BCUT2D eigenvalue weighted by Crippen LogP contribution is 2.26. The molecule has 0 saturated carbocycles. The monoisotopic (exact) mass is 344 g/mol. The molecule has 0 spiro atoms. The van der Waals surface area contributed by atoms with E-state index < -0.39 is 17.7 Å². The smallest absolute Gasteiger partial charge is 0.138 e. The second-order valence-corrected chi connectivity index (χ2v) is 5.31. The zero-order valence-corrected chi connectivity index (χ0v) is 12.8. The summed E-state index contributed by atoms with van der Waals surface area (Å²) in [7, 11) is 1.75. The summed E-state index contributed by atoms with van der Waals surface area (Å²) in [5, 5.41) is 7.05. The second kappa shape index (κ2) is 6.41. The van der Waals surface area contributed by atoms with Gasteiger partial charge in [-0.15, -0.1) is 0 Å². The normalized spacial score (nSPS) is 12.7. The van der Waals surface area contributed by atoms with Crippen LogP contribution in [0.15, 0.2) is 22.9 Å². The number of rotatable bonds is 5. The van der Waals surface area contributed by atoms with Crippen molar-refractivity contribution in [3.8, 4) is 0 Å². The molecular formula is C13H15BrF2N4. The van der Waals surface area contributed by atoms with Crippen molar-refractivity contribution >= 4 is 15.9 Å². The molecule has 1 aromatic heterocycles. The molecule has 0 aliphatic rings. The highest BCUT2D eigenvalue weighted by Gasteiger charge is 2.22. The standard InChI is InChI=1S/C13H15BrF2N4/c1-3-17-11(6-12-18-7-19-20(12)2)13-9(15)4-8(14)5-10(13)16/h4-5,7,11,17H,3,6H2,1-2H3. The molecule has 2 rings (SSSR count). The van der Waals surface area contributed by atoms with Crippen molar-refractivity contribution in [3.05, 3.63) is 46.0 Å². The van der Waals surface area contributed by atoms with Crippen LogP contribution in [0.1, 0.15) is 24.4 Å². The molecule has 1 unspecified atom stereocenters. The SMILES string of the molecule is CCNC(Cc1ncnn1C)c1c(F)cc(Br)cc1F. The molecule has 0 radical (unpaired) electrons. The lowest BCUT2D eigenvalue weighted by atomic mass is 10.0. The van der Waals surface area contributed by atoms with Gasteiger partial charge >= 0.3 is 0 Å². The van der Waals surface area contributed by atoms with Gasteiger partial charge < -0.3 is 5.32 Å². The number of aromatic nitrogens is 3. The van der Waals surface area contributed by atoms with Gasteiger partial charge in [0.1, 0.15) is 23.8 Å². The minimum Gasteiger partial charge on any atom is -0.310 e. The predicted molar refractivity (Wildman–Crippen MR) is 75.2 cm³/mol. The molecule has 0 aliphatic heterocycles. The van der Waals surface area contributed by atoms with Crippen molar-refractivity contribution in [3.63, 3.8) is 0 Å². The van der Waals surface area contributed by atoms with Crippen molar-refractivity contribution in [1.82, 2.24) is 20.1 Å². The van der Waals surface area contributed by atoms with Crippen molar-refractivity contribution in [2.45, 2.75) is 19.4 Å². The lowest BCUT2D eigenvalue weighted by Crippen LogP contribution is -2.26. The van der Waals surface area contributed by atoms with Crippen LogP contribution in [-0.4, -0.2) is 21.3 Å². The third kappa shape index (κ3) is 3.21. The first-order valence-corrected chi connectivity index (χ1v) is 7.03. The van der Waals surface area contributed by atoms with Crippen molar-refractivity contribution in [2.75, 3.05) is 6.54 Å². The van der Waals surface area contributed by atoms with Gasteiger partial charge in [-0.25, -0.2) is 13.8 Å². The maximum Gasteiger partial charge on any atom is 0.138 e. The first-order chi connectivity index (χ1) is 9.52. The molecule has 7 heteroatoms. The van der Waals surface area contributed by atoms with Gasteiger partial charge in [-0.2, -0.15) is 5.10 Å². The fourth-order valence-electron chi connectivity index (χ4n) is 2.10. The predicted octanol–water partition coefficient (Wildman–Crippen LogP) is 2.75. The Morgan fingerprint density at radius 2 is 2.00 bits per heavy atom. The Labute approximate surface area is 124 Å². The van der Waals surface area contributed by atoms with E-state index in [-0.39, 0.29) is 5.56 Å². The van der Waals surface area contributed by atoms with Gasteiger partial charge in [0, 0.05) is 29.5 Å². The Morgan fingerprint density at radius 1 is 1.35 bits per heavy atom. The summed E-state index contributed by atoms with van der Waals surface area (Å²) >= 11 is 3.08. The Bertz CT molecular complexity index is 577. The quantitative estimate of drug-likeness (QED) is 0.906. The molecule has 0 bridgehead atoms. The fourth-order valence-corrected chi connectivity index (χ4v) is 2.50. The maximum absolute atomic E-state index is 14.1. The fraction of sp³-hybridized carbons (Fsp3) is 0.385. The van der Waals surface area contributed by atoms with Crippen LogP contribution >= 0.6 is 15.9 Å². The van der Waals surface area contributed by atoms with Gasteiger partial charge in [-0.3, -0.25) is 4.68 Å². The Balaban J connectivity index is 2.36. The number of aryl methyl sites for hydroxylation is 1. The molecule has 0 amide bonds. The summed E-state index contributed by atoms with van der Waals surface area (Å²) in [5.74, 6) is -0.493. The van der Waals surface area contributed by atoms with E-state index in [1.54, 1.807) is 11.7 Å². The number of halogens is 3. The van der Waals surface area contributed by atoms with Gasteiger partial charge in [0.05, 0.1) is 0 Å². The molecule has 0 fully saturated rings. The van der Waals surface area contributed by atoms with E-state index in [9.17, 15) is 8.78 Å². The number of nitrogens with one attached hydrogen (secondary N) is 1. The molecule has 1 atom stereocenters. The van der Waals surface area contributed by atoms with Crippen LogP contribution in [0.3, 0.4) is 0 Å². The summed E-state index contributed by atoms with van der Waals surface area (Å²) in [5.41, 5.74) is 0.0260. The Hall–Kier alpha value is -1.34. The number of hydrogen-bond acceptors (Lipinski definition) is 3. The molecule has 0 aliphatic carbocycles. The summed E-state index contributed by atoms with van der Waals surface area (Å²) < 4.78 is 30.1. The van der Waals surface area contributed by atoms with Crippen LogP contribution in [0.2, 0.25) is 0 Å². The molecule has 2 aromatic rings. The van der Waals surface area contributed by atoms with E-state index in [0.29, 0.717) is 23.3 Å². The zero-order valence-electron chi connectivity index (χ0n) is 11.2. The third-order valence-corrected chi connectivity index (χ3v) is 3.49. The minimum atomic E-state index is -0.579. The van der Waals surface area contributed by atoms with Gasteiger partial charge in [0.2, 0.25) is 0 Å². The van der Waals surface area contributed by atoms with E-state index in [2.05, 4.69) is 31.3 Å². The molecule has 1 heterocycles. The van der Waals surface area contributed by atoms with E-state index in [1.807, 2.05) is 6.92 Å². The van der Waals surface area contributed by atoms with Crippen LogP contribution in [-0.2, 0) is 13.5 Å². The number of nitrogens with zero attached hydrogens (tertiary/aromatic N) is 3. The molecule has 1 N–H and O–H groups in total. The molecule has 0 saturated heterocycles.